The second-order valence-electron chi connectivity index (χ2n) is 8.32. The van der Waals surface area contributed by atoms with Crippen molar-refractivity contribution in [2.75, 3.05) is 20.8 Å². The minimum absolute atomic E-state index is 0.151. The SMILES string of the molecule is COc1ccc(CCN(C(=O)c2ccco2)[C@H](C(=O)NC2CCCC2)c2cccs2)cc1OC. The number of hydrogen-bond donors (Lipinski definition) is 1. The Bertz CT molecular complexity index is 1070. The maximum atomic E-state index is 13.5. The molecule has 7 nitrogen and oxygen atoms in total. The summed E-state index contributed by atoms with van der Waals surface area (Å²) < 4.78 is 16.2. The molecule has 0 radical (unpaired) electrons. The molecule has 0 saturated heterocycles. The van der Waals surface area contributed by atoms with E-state index in [0.29, 0.717) is 24.5 Å². The van der Waals surface area contributed by atoms with Crippen molar-refractivity contribution in [1.29, 1.82) is 0 Å². The molecule has 0 spiro atoms. The van der Waals surface area contributed by atoms with Gasteiger partial charge in [-0.3, -0.25) is 9.59 Å². The molecule has 2 heterocycles. The topological polar surface area (TPSA) is 81.0 Å². The van der Waals surface area contributed by atoms with Gasteiger partial charge in [0.15, 0.2) is 17.3 Å². The maximum absolute atomic E-state index is 13.5. The Hall–Kier alpha value is -3.26. The average Bonchev–Trinajstić information content (AvgIpc) is 3.64. The molecule has 1 aliphatic rings. The Labute approximate surface area is 203 Å². The predicted octanol–water partition coefficient (Wildman–Crippen LogP) is 4.84. The van der Waals surface area contributed by atoms with E-state index in [1.807, 2.05) is 35.7 Å². The third kappa shape index (κ3) is 5.44. The monoisotopic (exact) mass is 482 g/mol. The minimum atomic E-state index is -0.738. The molecule has 1 N–H and O–H groups in total. The van der Waals surface area contributed by atoms with Gasteiger partial charge in [-0.1, -0.05) is 25.0 Å². The van der Waals surface area contributed by atoms with Crippen LogP contribution in [0.2, 0.25) is 0 Å². The number of benzene rings is 1. The molecule has 1 aromatic carbocycles. The summed E-state index contributed by atoms with van der Waals surface area (Å²) >= 11 is 1.47. The summed E-state index contributed by atoms with van der Waals surface area (Å²) in [5.74, 6) is 1.01. The highest BCUT2D eigenvalue weighted by atomic mass is 32.1. The van der Waals surface area contributed by atoms with Crippen LogP contribution in [-0.2, 0) is 11.2 Å². The van der Waals surface area contributed by atoms with E-state index < -0.39 is 6.04 Å². The number of carbonyl (C=O) groups excluding carboxylic acids is 2. The van der Waals surface area contributed by atoms with E-state index in [1.54, 1.807) is 31.3 Å². The lowest BCUT2D eigenvalue weighted by Gasteiger charge is -2.31. The molecule has 3 aromatic rings. The van der Waals surface area contributed by atoms with Gasteiger partial charge in [0.25, 0.3) is 5.91 Å². The normalized spacial score (nSPS) is 14.5. The second kappa shape index (κ2) is 11.2. The van der Waals surface area contributed by atoms with Crippen LogP contribution in [0.3, 0.4) is 0 Å². The van der Waals surface area contributed by atoms with Crippen molar-refractivity contribution in [3.05, 3.63) is 70.3 Å². The van der Waals surface area contributed by atoms with Gasteiger partial charge in [0, 0.05) is 17.5 Å². The fourth-order valence-electron chi connectivity index (χ4n) is 4.40. The first-order chi connectivity index (χ1) is 16.6. The van der Waals surface area contributed by atoms with Gasteiger partial charge >= 0.3 is 0 Å². The highest BCUT2D eigenvalue weighted by Crippen LogP contribution is 2.31. The number of rotatable bonds is 10. The molecule has 1 atom stereocenters. The van der Waals surface area contributed by atoms with Crippen molar-refractivity contribution in [3.63, 3.8) is 0 Å². The van der Waals surface area contributed by atoms with E-state index in [-0.39, 0.29) is 23.6 Å². The Morgan fingerprint density at radius 3 is 2.56 bits per heavy atom. The summed E-state index contributed by atoms with van der Waals surface area (Å²) in [6.07, 6.45) is 6.18. The molecule has 180 valence electrons. The number of amides is 2. The van der Waals surface area contributed by atoms with Crippen LogP contribution < -0.4 is 14.8 Å². The Kier molecular flexibility index (Phi) is 7.90. The molecule has 0 bridgehead atoms. The molecule has 4 rings (SSSR count). The number of ether oxygens (including phenoxy) is 2. The van der Waals surface area contributed by atoms with Gasteiger partial charge in [0.2, 0.25) is 5.91 Å². The highest BCUT2D eigenvalue weighted by Gasteiger charge is 2.35. The first-order valence-electron chi connectivity index (χ1n) is 11.5. The smallest absolute Gasteiger partial charge is 0.290 e. The number of nitrogens with one attached hydrogen (secondary N) is 1. The third-order valence-electron chi connectivity index (χ3n) is 6.16. The molecule has 8 heteroatoms. The van der Waals surface area contributed by atoms with Crippen LogP contribution in [0.15, 0.2) is 58.5 Å². The maximum Gasteiger partial charge on any atom is 0.290 e. The summed E-state index contributed by atoms with van der Waals surface area (Å²) in [4.78, 5) is 29.5. The molecular formula is C26H30N2O5S. The molecule has 1 saturated carbocycles. The van der Waals surface area contributed by atoms with Crippen LogP contribution in [0, 0.1) is 0 Å². The fraction of sp³-hybridized carbons (Fsp3) is 0.385. The van der Waals surface area contributed by atoms with Gasteiger partial charge in [-0.05, 0) is 60.5 Å². The van der Waals surface area contributed by atoms with Crippen LogP contribution in [0.4, 0.5) is 0 Å². The van der Waals surface area contributed by atoms with E-state index >= 15 is 0 Å². The zero-order valence-corrected chi connectivity index (χ0v) is 20.3. The number of carbonyl (C=O) groups is 2. The molecule has 0 unspecified atom stereocenters. The number of nitrogens with zero attached hydrogens (tertiary/aromatic N) is 1. The van der Waals surface area contributed by atoms with Crippen LogP contribution in [-0.4, -0.2) is 43.5 Å². The molecular weight excluding hydrogens is 452 g/mol. The minimum Gasteiger partial charge on any atom is -0.493 e. The van der Waals surface area contributed by atoms with E-state index in [4.69, 9.17) is 13.9 Å². The summed E-state index contributed by atoms with van der Waals surface area (Å²) in [5.41, 5.74) is 0.969. The zero-order chi connectivity index (χ0) is 23.9. The molecule has 2 aromatic heterocycles. The van der Waals surface area contributed by atoms with Crippen LogP contribution in [0.1, 0.15) is 52.7 Å². The first-order valence-corrected chi connectivity index (χ1v) is 12.4. The number of furan rings is 1. The highest BCUT2D eigenvalue weighted by molar-refractivity contribution is 7.10. The standard InChI is InChI=1S/C26H30N2O5S/c1-31-20-12-11-18(17-22(20)32-2)13-14-28(26(30)21-9-5-15-33-21)24(23-10-6-16-34-23)25(29)27-19-7-3-4-8-19/h5-6,9-12,15-17,19,24H,3-4,7-8,13-14H2,1-2H3,(H,27,29)/t24-/m0/s1. The van der Waals surface area contributed by atoms with Crippen molar-refractivity contribution in [2.45, 2.75) is 44.2 Å². The van der Waals surface area contributed by atoms with Gasteiger partial charge in [-0.15, -0.1) is 11.3 Å². The zero-order valence-electron chi connectivity index (χ0n) is 19.5. The van der Waals surface area contributed by atoms with E-state index in [9.17, 15) is 9.59 Å². The summed E-state index contributed by atoms with van der Waals surface area (Å²) in [6.45, 7) is 0.329. The Balaban J connectivity index is 1.63. The third-order valence-corrected chi connectivity index (χ3v) is 7.08. The van der Waals surface area contributed by atoms with E-state index in [0.717, 1.165) is 36.1 Å². The predicted molar refractivity (Wildman–Crippen MR) is 130 cm³/mol. The van der Waals surface area contributed by atoms with Crippen LogP contribution in [0.25, 0.3) is 0 Å². The second-order valence-corrected chi connectivity index (χ2v) is 9.30. The molecule has 1 fully saturated rings. The molecule has 0 aliphatic heterocycles. The van der Waals surface area contributed by atoms with Crippen molar-refractivity contribution in [1.82, 2.24) is 10.2 Å². The van der Waals surface area contributed by atoms with Crippen LogP contribution in [0.5, 0.6) is 11.5 Å². The molecule has 2 amide bonds. The summed E-state index contributed by atoms with van der Waals surface area (Å²) in [7, 11) is 3.18. The van der Waals surface area contributed by atoms with Crippen molar-refractivity contribution in [3.8, 4) is 11.5 Å². The average molecular weight is 483 g/mol. The largest absolute Gasteiger partial charge is 0.493 e. The van der Waals surface area contributed by atoms with E-state index in [2.05, 4.69) is 5.32 Å². The van der Waals surface area contributed by atoms with Gasteiger partial charge in [0.1, 0.15) is 6.04 Å². The molecule has 34 heavy (non-hydrogen) atoms. The van der Waals surface area contributed by atoms with Gasteiger partial charge in [0.05, 0.1) is 20.5 Å². The Morgan fingerprint density at radius 2 is 1.91 bits per heavy atom. The van der Waals surface area contributed by atoms with Gasteiger partial charge < -0.3 is 24.1 Å². The number of methoxy groups -OCH3 is 2. The summed E-state index contributed by atoms with van der Waals surface area (Å²) in [6, 6.07) is 12.2. The number of hydrogen-bond acceptors (Lipinski definition) is 6. The fourth-order valence-corrected chi connectivity index (χ4v) is 5.23. The van der Waals surface area contributed by atoms with Crippen molar-refractivity contribution in [2.24, 2.45) is 0 Å². The lowest BCUT2D eigenvalue weighted by molar-refractivity contribution is -0.126. The van der Waals surface area contributed by atoms with Gasteiger partial charge in [-0.2, -0.15) is 0 Å². The lowest BCUT2D eigenvalue weighted by atomic mass is 10.1. The van der Waals surface area contributed by atoms with Crippen molar-refractivity contribution >= 4 is 23.2 Å². The molecule has 1 aliphatic carbocycles. The first kappa shape index (κ1) is 23.9. The Morgan fingerprint density at radius 1 is 1.12 bits per heavy atom. The van der Waals surface area contributed by atoms with Crippen molar-refractivity contribution < 1.29 is 23.5 Å². The van der Waals surface area contributed by atoms with E-state index in [1.165, 1.54) is 17.6 Å². The van der Waals surface area contributed by atoms with Gasteiger partial charge in [-0.25, -0.2) is 0 Å². The quantitative estimate of drug-likeness (QED) is 0.447. The summed E-state index contributed by atoms with van der Waals surface area (Å²) in [5, 5.41) is 5.11. The lowest BCUT2D eigenvalue weighted by Crippen LogP contribution is -2.46. The number of thiophene rings is 1. The van der Waals surface area contributed by atoms with Crippen LogP contribution >= 0.6 is 11.3 Å².